The first-order valence-corrected chi connectivity index (χ1v) is 8.55. The van der Waals surface area contributed by atoms with Gasteiger partial charge in [0.2, 0.25) is 0 Å². The zero-order valence-corrected chi connectivity index (χ0v) is 16.5. The smallest absolute Gasteiger partial charge is 0.187 e. The number of para-hydroxylation sites is 1. The van der Waals surface area contributed by atoms with Gasteiger partial charge in [0, 0.05) is 31.1 Å². The van der Waals surface area contributed by atoms with Crippen LogP contribution in [0.5, 0.6) is 0 Å². The van der Waals surface area contributed by atoms with Gasteiger partial charge in [-0.3, -0.25) is 0 Å². The third-order valence-electron chi connectivity index (χ3n) is 6.05. The van der Waals surface area contributed by atoms with Crippen LogP contribution in [0, 0.1) is 18.0 Å². The first-order valence-electron chi connectivity index (χ1n) is 8.55. The second-order valence-electron chi connectivity index (χ2n) is 7.84. The average Bonchev–Trinajstić information content (AvgIpc) is 2.94. The summed E-state index contributed by atoms with van der Waals surface area (Å²) in [7, 11) is 0. The van der Waals surface area contributed by atoms with Crippen molar-refractivity contribution in [3.05, 3.63) is 49.0 Å². The summed E-state index contributed by atoms with van der Waals surface area (Å²) in [5.74, 6) is 0. The molecule has 3 heterocycles. The number of nitrogens with zero attached hydrogens (tertiary/aromatic N) is 1. The molecule has 0 amide bonds. The van der Waals surface area contributed by atoms with E-state index in [0.717, 1.165) is 11.2 Å². The largest absolute Gasteiger partial charge is 0.516 e. The summed E-state index contributed by atoms with van der Waals surface area (Å²) in [5, 5.41) is 2.38. The Morgan fingerprint density at radius 2 is 1.79 bits per heavy atom. The number of hydrogen-bond donors (Lipinski definition) is 0. The van der Waals surface area contributed by atoms with Gasteiger partial charge in [0.1, 0.15) is 11.0 Å². The van der Waals surface area contributed by atoms with Gasteiger partial charge in [0.05, 0.1) is 5.54 Å². The van der Waals surface area contributed by atoms with Crippen molar-refractivity contribution in [3.8, 4) is 0 Å². The van der Waals surface area contributed by atoms with E-state index in [1.807, 2.05) is 18.2 Å². The second kappa shape index (κ2) is 5.28. The molecule has 0 unspecified atom stereocenters. The zero-order valence-electron chi connectivity index (χ0n) is 14.1. The van der Waals surface area contributed by atoms with E-state index in [9.17, 15) is 0 Å². The van der Waals surface area contributed by atoms with E-state index in [0.29, 0.717) is 5.41 Å². The number of hydrogen-bond acceptors (Lipinski definition) is 2. The maximum absolute atomic E-state index is 5.94. The van der Waals surface area contributed by atoms with Crippen molar-refractivity contribution in [3.63, 3.8) is 0 Å². The van der Waals surface area contributed by atoms with E-state index in [4.69, 9.17) is 4.42 Å². The van der Waals surface area contributed by atoms with Gasteiger partial charge in [-0.1, -0.05) is 23.6 Å². The number of piperidine rings is 2. The van der Waals surface area contributed by atoms with E-state index in [2.05, 4.69) is 49.6 Å². The molecule has 0 atom stereocenters. The molecular formula is C21H21IrNO. The first-order chi connectivity index (χ1) is 11.1. The number of rotatable bonds is 1. The second-order valence-corrected chi connectivity index (χ2v) is 7.84. The van der Waals surface area contributed by atoms with E-state index in [1.54, 1.807) is 0 Å². The van der Waals surface area contributed by atoms with Crippen LogP contribution < -0.4 is 4.90 Å². The van der Waals surface area contributed by atoms with Gasteiger partial charge in [-0.05, 0) is 51.3 Å². The van der Waals surface area contributed by atoms with Gasteiger partial charge in [0.15, 0.2) is 6.54 Å². The molecular weight excluding hydrogens is 474 g/mol. The van der Waals surface area contributed by atoms with Crippen molar-refractivity contribution >= 4 is 27.6 Å². The fourth-order valence-electron chi connectivity index (χ4n) is 4.35. The Morgan fingerprint density at radius 1 is 1.04 bits per heavy atom. The van der Waals surface area contributed by atoms with Crippen molar-refractivity contribution in [2.24, 2.45) is 5.41 Å². The maximum atomic E-state index is 5.94. The Labute approximate surface area is 156 Å². The van der Waals surface area contributed by atoms with Gasteiger partial charge in [-0.25, -0.2) is 4.90 Å². The maximum Gasteiger partial charge on any atom is 0.187 e. The standard InChI is InChI=1S/C21H21NO.Ir/c1-20-9-11-21(2,12-10-20)22(14-20)15-7-8-19-17(13-15)16-5-3-4-6-18(16)23-19;/h3-6,8,13-14H,9-12H2,1-2H3;. The minimum atomic E-state index is 0. The Kier molecular flexibility index (Phi) is 3.53. The van der Waals surface area contributed by atoms with Gasteiger partial charge >= 0.3 is 0 Å². The molecule has 0 spiro atoms. The van der Waals surface area contributed by atoms with E-state index < -0.39 is 0 Å². The van der Waals surface area contributed by atoms with Crippen LogP contribution in [0.25, 0.3) is 21.9 Å². The predicted octanol–water partition coefficient (Wildman–Crippen LogP) is 5.70. The molecule has 3 aromatic rings. The molecule has 125 valence electrons. The summed E-state index contributed by atoms with van der Waals surface area (Å²) >= 11 is 0. The molecule has 3 fully saturated rings. The molecule has 24 heavy (non-hydrogen) atoms. The molecule has 2 saturated heterocycles. The number of furan rings is 1. The van der Waals surface area contributed by atoms with Crippen LogP contribution in [0.3, 0.4) is 0 Å². The van der Waals surface area contributed by atoms with Crippen LogP contribution in [-0.2, 0) is 20.1 Å². The van der Waals surface area contributed by atoms with Crippen molar-refractivity contribution in [1.82, 2.24) is 0 Å². The minimum Gasteiger partial charge on any atom is -0.516 e. The van der Waals surface area contributed by atoms with Crippen LogP contribution >= 0.6 is 0 Å². The van der Waals surface area contributed by atoms with Gasteiger partial charge in [0.25, 0.3) is 0 Å². The molecule has 1 radical (unpaired) electrons. The third kappa shape index (κ3) is 2.22. The Morgan fingerprint density at radius 3 is 2.58 bits per heavy atom. The Bertz CT molecular complexity index is 904. The molecule has 0 N–H and O–H groups in total. The fourth-order valence-corrected chi connectivity index (χ4v) is 4.35. The average molecular weight is 496 g/mol. The summed E-state index contributed by atoms with van der Waals surface area (Å²) in [6.07, 6.45) is 5.13. The Hall–Kier alpha value is -1.44. The quantitative estimate of drug-likeness (QED) is 0.403. The first kappa shape index (κ1) is 16.1. The zero-order chi connectivity index (χ0) is 15.7. The molecule has 1 aliphatic carbocycles. The topological polar surface area (TPSA) is 16.4 Å². The van der Waals surface area contributed by atoms with Crippen LogP contribution in [0.1, 0.15) is 39.5 Å². The molecule has 2 aliphatic heterocycles. The summed E-state index contributed by atoms with van der Waals surface area (Å²) in [4.78, 5) is 2.49. The van der Waals surface area contributed by atoms with Crippen molar-refractivity contribution in [2.75, 3.05) is 4.90 Å². The number of benzene rings is 2. The molecule has 2 nitrogen and oxygen atoms in total. The van der Waals surface area contributed by atoms with Crippen LogP contribution in [0.2, 0.25) is 0 Å². The molecule has 2 aromatic carbocycles. The summed E-state index contributed by atoms with van der Waals surface area (Å²) in [5.41, 5.74) is 3.64. The number of anilines is 1. The van der Waals surface area contributed by atoms with Crippen molar-refractivity contribution in [1.29, 1.82) is 0 Å². The van der Waals surface area contributed by atoms with Gasteiger partial charge in [-0.2, -0.15) is 6.07 Å². The summed E-state index contributed by atoms with van der Waals surface area (Å²) in [6.45, 7) is 7.25. The molecule has 1 aromatic heterocycles. The van der Waals surface area contributed by atoms with Crippen LogP contribution in [0.15, 0.2) is 40.8 Å². The SMILES string of the molecule is CC12[CH+]N(c3[c-]cc4oc5ccccc5c4c3)C(C)(CC1)CC2.[Ir]. The monoisotopic (exact) mass is 496 g/mol. The van der Waals surface area contributed by atoms with Crippen molar-refractivity contribution < 1.29 is 24.5 Å². The van der Waals surface area contributed by atoms with E-state index >= 15 is 0 Å². The van der Waals surface area contributed by atoms with Gasteiger partial charge in [-0.15, -0.1) is 12.1 Å². The molecule has 2 bridgehead atoms. The summed E-state index contributed by atoms with van der Waals surface area (Å²) < 4.78 is 5.94. The predicted molar refractivity (Wildman–Crippen MR) is 94.3 cm³/mol. The van der Waals surface area contributed by atoms with Crippen LogP contribution in [-0.4, -0.2) is 5.54 Å². The van der Waals surface area contributed by atoms with Gasteiger partial charge < -0.3 is 4.42 Å². The summed E-state index contributed by atoms with van der Waals surface area (Å²) in [6, 6.07) is 16.0. The third-order valence-corrected chi connectivity index (χ3v) is 6.05. The number of fused-ring (bicyclic) bond motifs is 6. The molecule has 6 rings (SSSR count). The fraction of sp³-hybridized carbons (Fsp3) is 0.381. The Balaban J connectivity index is 0.00000146. The normalized spacial score (nSPS) is 28.8. The minimum absolute atomic E-state index is 0. The van der Waals surface area contributed by atoms with Crippen molar-refractivity contribution in [2.45, 2.75) is 45.1 Å². The van der Waals surface area contributed by atoms with E-state index in [1.165, 1.54) is 42.1 Å². The molecule has 3 aliphatic rings. The van der Waals surface area contributed by atoms with E-state index in [-0.39, 0.29) is 25.6 Å². The molecule has 1 saturated carbocycles. The van der Waals surface area contributed by atoms with Crippen LogP contribution in [0.4, 0.5) is 5.69 Å². The molecule has 3 heteroatoms.